The van der Waals surface area contributed by atoms with Gasteiger partial charge in [0, 0.05) is 0 Å². The van der Waals surface area contributed by atoms with Crippen LogP contribution in [0.1, 0.15) is 30.9 Å². The predicted molar refractivity (Wildman–Crippen MR) is 65.1 cm³/mol. The molecule has 1 rings (SSSR count). The molecule has 0 amide bonds. The number of aliphatic carboxylic acids is 1. The molecule has 0 saturated heterocycles. The van der Waals surface area contributed by atoms with Crippen LogP contribution in [0, 0.1) is 11.3 Å². The molecule has 5 heteroatoms. The fraction of sp³-hybridized carbons (Fsp3) is 0.231. The van der Waals surface area contributed by atoms with Gasteiger partial charge in [-0.1, -0.05) is 13.8 Å². The summed E-state index contributed by atoms with van der Waals surface area (Å²) in [6.07, 6.45) is 1.18. The lowest BCUT2D eigenvalue weighted by atomic mass is 9.95. The number of phenolic OH excluding ortho intramolecular Hbond substituents is 2. The Morgan fingerprint density at radius 1 is 1.33 bits per heavy atom. The van der Waals surface area contributed by atoms with Gasteiger partial charge in [0.25, 0.3) is 0 Å². The Hall–Kier alpha value is -2.48. The normalized spacial score (nSPS) is 11.3. The number of hydrogen-bond acceptors (Lipinski definition) is 4. The van der Waals surface area contributed by atoms with Crippen LogP contribution >= 0.6 is 0 Å². The van der Waals surface area contributed by atoms with Gasteiger partial charge in [0.2, 0.25) is 0 Å². The van der Waals surface area contributed by atoms with Gasteiger partial charge in [0.05, 0.1) is 0 Å². The minimum Gasteiger partial charge on any atom is -0.504 e. The van der Waals surface area contributed by atoms with Crippen molar-refractivity contribution < 1.29 is 20.1 Å². The van der Waals surface area contributed by atoms with E-state index in [9.17, 15) is 15.0 Å². The van der Waals surface area contributed by atoms with Gasteiger partial charge in [0.1, 0.15) is 11.6 Å². The second-order valence-electron chi connectivity index (χ2n) is 4.10. The number of benzene rings is 1. The van der Waals surface area contributed by atoms with E-state index in [1.807, 2.05) is 13.8 Å². The Labute approximate surface area is 104 Å². The van der Waals surface area contributed by atoms with E-state index in [1.54, 1.807) is 6.07 Å². The van der Waals surface area contributed by atoms with E-state index in [2.05, 4.69) is 0 Å². The van der Waals surface area contributed by atoms with Crippen molar-refractivity contribution in [1.82, 2.24) is 0 Å². The van der Waals surface area contributed by atoms with Gasteiger partial charge < -0.3 is 15.3 Å². The van der Waals surface area contributed by atoms with Gasteiger partial charge in [-0.15, -0.1) is 0 Å². The Morgan fingerprint density at radius 3 is 2.33 bits per heavy atom. The maximum absolute atomic E-state index is 10.8. The molecule has 0 saturated carbocycles. The summed E-state index contributed by atoms with van der Waals surface area (Å²) in [5.41, 5.74) is 0.625. The molecular formula is C13H13NO4. The summed E-state index contributed by atoms with van der Waals surface area (Å²) in [6, 6.07) is 4.17. The summed E-state index contributed by atoms with van der Waals surface area (Å²) in [5.74, 6) is -1.95. The minimum atomic E-state index is -1.33. The van der Waals surface area contributed by atoms with Crippen molar-refractivity contribution >= 4 is 12.0 Å². The SMILES string of the molecule is CC(C)c1cc(O)c(O)cc1C=C(C#N)C(=O)O. The molecule has 94 valence electrons. The summed E-state index contributed by atoms with van der Waals surface area (Å²) < 4.78 is 0. The molecule has 0 radical (unpaired) electrons. The Balaban J connectivity index is 3.45. The highest BCUT2D eigenvalue weighted by Crippen LogP contribution is 2.33. The third kappa shape index (κ3) is 2.80. The maximum Gasteiger partial charge on any atom is 0.346 e. The zero-order valence-electron chi connectivity index (χ0n) is 10.0. The molecule has 0 heterocycles. The summed E-state index contributed by atoms with van der Waals surface area (Å²) in [7, 11) is 0. The molecule has 1 aromatic carbocycles. The number of carboxylic acid groups (broad SMARTS) is 1. The Bertz CT molecular complexity index is 553. The minimum absolute atomic E-state index is 0.0106. The number of hydrogen-bond donors (Lipinski definition) is 3. The van der Waals surface area contributed by atoms with Crippen molar-refractivity contribution in [2.75, 3.05) is 0 Å². The molecule has 5 nitrogen and oxygen atoms in total. The summed E-state index contributed by atoms with van der Waals surface area (Å²) in [6.45, 7) is 3.71. The number of nitrogens with zero attached hydrogens (tertiary/aromatic N) is 1. The van der Waals surface area contributed by atoms with E-state index in [1.165, 1.54) is 18.2 Å². The number of carboxylic acids is 1. The number of aromatic hydroxyl groups is 2. The maximum atomic E-state index is 10.8. The van der Waals surface area contributed by atoms with Crippen molar-refractivity contribution in [2.45, 2.75) is 19.8 Å². The average Bonchev–Trinajstić information content (AvgIpc) is 2.29. The molecule has 0 spiro atoms. The van der Waals surface area contributed by atoms with Gasteiger partial charge >= 0.3 is 5.97 Å². The largest absolute Gasteiger partial charge is 0.504 e. The van der Waals surface area contributed by atoms with Crippen molar-refractivity contribution in [1.29, 1.82) is 5.26 Å². The summed E-state index contributed by atoms with van der Waals surface area (Å²) in [4.78, 5) is 10.8. The molecule has 0 aliphatic heterocycles. The highest BCUT2D eigenvalue weighted by Gasteiger charge is 2.13. The molecule has 0 aliphatic rings. The van der Waals surface area contributed by atoms with Crippen LogP contribution in [-0.4, -0.2) is 21.3 Å². The first-order valence-electron chi connectivity index (χ1n) is 5.27. The lowest BCUT2D eigenvalue weighted by molar-refractivity contribution is -0.132. The molecule has 3 N–H and O–H groups in total. The van der Waals surface area contributed by atoms with Crippen LogP contribution in [0.2, 0.25) is 0 Å². The van der Waals surface area contributed by atoms with Crippen LogP contribution in [0.15, 0.2) is 17.7 Å². The lowest BCUT2D eigenvalue weighted by Crippen LogP contribution is -1.99. The summed E-state index contributed by atoms with van der Waals surface area (Å²) >= 11 is 0. The van der Waals surface area contributed by atoms with Crippen LogP contribution in [0.4, 0.5) is 0 Å². The highest BCUT2D eigenvalue weighted by atomic mass is 16.4. The average molecular weight is 247 g/mol. The third-order valence-electron chi connectivity index (χ3n) is 2.45. The monoisotopic (exact) mass is 247 g/mol. The molecule has 1 aromatic rings. The third-order valence-corrected chi connectivity index (χ3v) is 2.45. The van der Waals surface area contributed by atoms with E-state index in [0.29, 0.717) is 11.1 Å². The molecule has 18 heavy (non-hydrogen) atoms. The van der Waals surface area contributed by atoms with Crippen molar-refractivity contribution in [2.24, 2.45) is 0 Å². The van der Waals surface area contributed by atoms with Crippen LogP contribution in [-0.2, 0) is 4.79 Å². The summed E-state index contributed by atoms with van der Waals surface area (Å²) in [5, 5.41) is 36.3. The van der Waals surface area contributed by atoms with E-state index >= 15 is 0 Å². The second-order valence-corrected chi connectivity index (χ2v) is 4.10. The second kappa shape index (κ2) is 5.23. The molecular weight excluding hydrogens is 234 g/mol. The molecule has 0 bridgehead atoms. The number of carbonyl (C=O) groups is 1. The fourth-order valence-corrected chi connectivity index (χ4v) is 1.53. The van der Waals surface area contributed by atoms with Crippen LogP contribution < -0.4 is 0 Å². The molecule has 0 atom stereocenters. The van der Waals surface area contributed by atoms with Crippen molar-refractivity contribution in [3.8, 4) is 17.6 Å². The van der Waals surface area contributed by atoms with Crippen molar-refractivity contribution in [3.05, 3.63) is 28.8 Å². The van der Waals surface area contributed by atoms with Gasteiger partial charge in [-0.3, -0.25) is 0 Å². The van der Waals surface area contributed by atoms with E-state index < -0.39 is 11.5 Å². The number of rotatable bonds is 3. The Kier molecular flexibility index (Phi) is 3.95. The first kappa shape index (κ1) is 13.6. The first-order valence-corrected chi connectivity index (χ1v) is 5.27. The molecule has 0 unspecified atom stereocenters. The highest BCUT2D eigenvalue weighted by molar-refractivity contribution is 5.96. The zero-order valence-corrected chi connectivity index (χ0v) is 10.0. The first-order chi connectivity index (χ1) is 8.36. The molecule has 0 aliphatic carbocycles. The quantitative estimate of drug-likeness (QED) is 0.432. The lowest BCUT2D eigenvalue weighted by Gasteiger charge is -2.11. The van der Waals surface area contributed by atoms with E-state index in [4.69, 9.17) is 10.4 Å². The molecule has 0 aromatic heterocycles. The van der Waals surface area contributed by atoms with Crippen LogP contribution in [0.3, 0.4) is 0 Å². The zero-order chi connectivity index (χ0) is 13.9. The smallest absolute Gasteiger partial charge is 0.346 e. The fourth-order valence-electron chi connectivity index (χ4n) is 1.53. The standard InChI is InChI=1S/C13H13NO4/c1-7(2)10-5-12(16)11(15)4-8(10)3-9(6-14)13(17)18/h3-5,7,15-16H,1-2H3,(H,17,18). The van der Waals surface area contributed by atoms with E-state index in [0.717, 1.165) is 0 Å². The van der Waals surface area contributed by atoms with Crippen LogP contribution in [0.25, 0.3) is 6.08 Å². The van der Waals surface area contributed by atoms with Crippen molar-refractivity contribution in [3.63, 3.8) is 0 Å². The number of nitriles is 1. The predicted octanol–water partition coefficient (Wildman–Crippen LogP) is 2.21. The van der Waals surface area contributed by atoms with Gasteiger partial charge in [-0.2, -0.15) is 5.26 Å². The topological polar surface area (TPSA) is 102 Å². The van der Waals surface area contributed by atoms with Gasteiger partial charge in [0.15, 0.2) is 11.5 Å². The van der Waals surface area contributed by atoms with Gasteiger partial charge in [-0.05, 0) is 35.3 Å². The van der Waals surface area contributed by atoms with Crippen LogP contribution in [0.5, 0.6) is 11.5 Å². The van der Waals surface area contributed by atoms with E-state index in [-0.39, 0.29) is 17.4 Å². The molecule has 0 fully saturated rings. The number of phenols is 2. The van der Waals surface area contributed by atoms with Gasteiger partial charge in [-0.25, -0.2) is 4.79 Å². The Morgan fingerprint density at radius 2 is 1.89 bits per heavy atom.